The number of nitrogens with zero attached hydrogens (tertiary/aromatic N) is 3. The van der Waals surface area contributed by atoms with Gasteiger partial charge in [-0.3, -0.25) is 9.59 Å². The molecule has 2 fully saturated rings. The summed E-state index contributed by atoms with van der Waals surface area (Å²) in [6.45, 7) is 3.94. The Balaban J connectivity index is 1.69. The van der Waals surface area contributed by atoms with Gasteiger partial charge in [-0.15, -0.1) is 0 Å². The number of carbonyl (C=O) groups is 2. The number of hydrogen-bond donors (Lipinski definition) is 1. The van der Waals surface area contributed by atoms with Crippen LogP contribution in [-0.2, 0) is 4.79 Å². The standard InChI is InChI=1S/C19H27N3O3/c1-14(19(24)25)13-22(16-7-8-16)18(23)15-6-9-17(20-12-15)21-10-4-2-3-5-11-21/h6,9,12,14,16H,2-5,7-8,10-11,13H2,1H3,(H,24,25). The molecule has 0 radical (unpaired) electrons. The minimum absolute atomic E-state index is 0.106. The van der Waals surface area contributed by atoms with Gasteiger partial charge in [-0.1, -0.05) is 19.8 Å². The molecule has 2 heterocycles. The molecule has 0 spiro atoms. The Labute approximate surface area is 148 Å². The lowest BCUT2D eigenvalue weighted by molar-refractivity contribution is -0.141. The second kappa shape index (κ2) is 7.85. The molecule has 1 aromatic rings. The molecule has 1 aliphatic carbocycles. The molecule has 1 aliphatic heterocycles. The van der Waals surface area contributed by atoms with Crippen LogP contribution in [0.25, 0.3) is 0 Å². The molecule has 6 heteroatoms. The summed E-state index contributed by atoms with van der Waals surface area (Å²) < 4.78 is 0. The molecule has 1 saturated heterocycles. The van der Waals surface area contributed by atoms with Gasteiger partial charge in [0, 0.05) is 31.9 Å². The number of aromatic nitrogens is 1. The predicted molar refractivity (Wildman–Crippen MR) is 95.8 cm³/mol. The second-order valence-electron chi connectivity index (χ2n) is 7.23. The third-order valence-electron chi connectivity index (χ3n) is 5.07. The summed E-state index contributed by atoms with van der Waals surface area (Å²) in [6, 6.07) is 3.93. The zero-order valence-corrected chi connectivity index (χ0v) is 14.9. The number of carboxylic acid groups (broad SMARTS) is 1. The van der Waals surface area contributed by atoms with Gasteiger partial charge >= 0.3 is 5.97 Å². The van der Waals surface area contributed by atoms with Crippen LogP contribution >= 0.6 is 0 Å². The number of anilines is 1. The molecule has 25 heavy (non-hydrogen) atoms. The smallest absolute Gasteiger partial charge is 0.308 e. The summed E-state index contributed by atoms with van der Waals surface area (Å²) in [5.41, 5.74) is 0.545. The molecule has 136 valence electrons. The van der Waals surface area contributed by atoms with E-state index in [2.05, 4.69) is 9.88 Å². The lowest BCUT2D eigenvalue weighted by Crippen LogP contribution is -2.38. The molecule has 1 amide bonds. The van der Waals surface area contributed by atoms with Crippen molar-refractivity contribution < 1.29 is 14.7 Å². The highest BCUT2D eigenvalue weighted by atomic mass is 16.4. The first-order valence-corrected chi connectivity index (χ1v) is 9.31. The molecule has 6 nitrogen and oxygen atoms in total. The molecule has 1 unspecified atom stereocenters. The lowest BCUT2D eigenvalue weighted by Gasteiger charge is -2.25. The second-order valence-corrected chi connectivity index (χ2v) is 7.23. The third kappa shape index (κ3) is 4.50. The van der Waals surface area contributed by atoms with Gasteiger partial charge in [0.25, 0.3) is 5.91 Å². The van der Waals surface area contributed by atoms with Crippen molar-refractivity contribution in [3.8, 4) is 0 Å². The van der Waals surface area contributed by atoms with E-state index in [0.717, 1.165) is 31.7 Å². The van der Waals surface area contributed by atoms with Crippen molar-refractivity contribution >= 4 is 17.7 Å². The van der Waals surface area contributed by atoms with Crippen LogP contribution in [0.2, 0.25) is 0 Å². The maximum Gasteiger partial charge on any atom is 0.308 e. The van der Waals surface area contributed by atoms with Crippen molar-refractivity contribution in [2.24, 2.45) is 5.92 Å². The molecule has 0 bridgehead atoms. The molecule has 1 saturated carbocycles. The minimum atomic E-state index is -0.868. The Hall–Kier alpha value is -2.11. The highest BCUT2D eigenvalue weighted by molar-refractivity contribution is 5.94. The van der Waals surface area contributed by atoms with E-state index in [1.165, 1.54) is 25.7 Å². The largest absolute Gasteiger partial charge is 0.481 e. The summed E-state index contributed by atoms with van der Waals surface area (Å²) in [5, 5.41) is 9.13. The SMILES string of the molecule is CC(CN(C(=O)c1ccc(N2CCCCCC2)nc1)C1CC1)C(=O)O. The summed E-state index contributed by atoms with van der Waals surface area (Å²) in [6.07, 6.45) is 8.46. The van der Waals surface area contributed by atoms with Gasteiger partial charge in [0.2, 0.25) is 0 Å². The van der Waals surface area contributed by atoms with Crippen LogP contribution in [0.15, 0.2) is 18.3 Å². The topological polar surface area (TPSA) is 73.7 Å². The first kappa shape index (κ1) is 17.7. The maximum absolute atomic E-state index is 12.8. The summed E-state index contributed by atoms with van der Waals surface area (Å²) in [5.74, 6) is -0.609. The Kier molecular flexibility index (Phi) is 5.56. The van der Waals surface area contributed by atoms with Gasteiger partial charge in [0.1, 0.15) is 5.82 Å². The Bertz CT molecular complexity index is 605. The first-order valence-electron chi connectivity index (χ1n) is 9.31. The minimum Gasteiger partial charge on any atom is -0.481 e. The highest BCUT2D eigenvalue weighted by Crippen LogP contribution is 2.29. The zero-order chi connectivity index (χ0) is 17.8. The maximum atomic E-state index is 12.8. The van der Waals surface area contributed by atoms with Crippen LogP contribution in [0.4, 0.5) is 5.82 Å². The highest BCUT2D eigenvalue weighted by Gasteiger charge is 2.35. The van der Waals surface area contributed by atoms with E-state index in [0.29, 0.717) is 5.56 Å². The fourth-order valence-electron chi connectivity index (χ4n) is 3.32. The molecule has 1 aromatic heterocycles. The van der Waals surface area contributed by atoms with Crippen LogP contribution in [0, 0.1) is 5.92 Å². The van der Waals surface area contributed by atoms with Gasteiger partial charge in [0.15, 0.2) is 0 Å². The Morgan fingerprint density at radius 1 is 1.24 bits per heavy atom. The Morgan fingerprint density at radius 3 is 2.44 bits per heavy atom. The quantitative estimate of drug-likeness (QED) is 0.858. The van der Waals surface area contributed by atoms with Crippen molar-refractivity contribution in [2.75, 3.05) is 24.5 Å². The van der Waals surface area contributed by atoms with E-state index in [-0.39, 0.29) is 18.5 Å². The number of carboxylic acids is 1. The van der Waals surface area contributed by atoms with E-state index >= 15 is 0 Å². The van der Waals surface area contributed by atoms with Crippen LogP contribution in [-0.4, -0.2) is 52.5 Å². The van der Waals surface area contributed by atoms with E-state index in [1.807, 2.05) is 12.1 Å². The molecule has 0 aromatic carbocycles. The first-order chi connectivity index (χ1) is 12.1. The number of aliphatic carboxylic acids is 1. The molecular formula is C19H27N3O3. The van der Waals surface area contributed by atoms with Crippen LogP contribution < -0.4 is 4.90 Å². The van der Waals surface area contributed by atoms with E-state index in [4.69, 9.17) is 5.11 Å². The summed E-state index contributed by atoms with van der Waals surface area (Å²) in [4.78, 5) is 32.4. The zero-order valence-electron chi connectivity index (χ0n) is 14.9. The van der Waals surface area contributed by atoms with Crippen molar-refractivity contribution in [3.05, 3.63) is 23.9 Å². The summed E-state index contributed by atoms with van der Waals surface area (Å²) in [7, 11) is 0. The number of amides is 1. The molecular weight excluding hydrogens is 318 g/mol. The number of hydrogen-bond acceptors (Lipinski definition) is 4. The van der Waals surface area contributed by atoms with Crippen LogP contribution in [0.3, 0.4) is 0 Å². The number of rotatable bonds is 6. The average molecular weight is 345 g/mol. The van der Waals surface area contributed by atoms with Crippen LogP contribution in [0.1, 0.15) is 55.8 Å². The molecule has 2 aliphatic rings. The monoisotopic (exact) mass is 345 g/mol. The van der Waals surface area contributed by atoms with E-state index < -0.39 is 11.9 Å². The van der Waals surface area contributed by atoms with E-state index in [1.54, 1.807) is 18.0 Å². The summed E-state index contributed by atoms with van der Waals surface area (Å²) >= 11 is 0. The van der Waals surface area contributed by atoms with Gasteiger partial charge in [0.05, 0.1) is 11.5 Å². The van der Waals surface area contributed by atoms with Gasteiger partial charge in [-0.05, 0) is 37.8 Å². The van der Waals surface area contributed by atoms with Crippen molar-refractivity contribution in [2.45, 2.75) is 51.5 Å². The fraction of sp³-hybridized carbons (Fsp3) is 0.632. The van der Waals surface area contributed by atoms with Gasteiger partial charge < -0.3 is 14.9 Å². The van der Waals surface area contributed by atoms with Crippen LogP contribution in [0.5, 0.6) is 0 Å². The van der Waals surface area contributed by atoms with Gasteiger partial charge in [-0.25, -0.2) is 4.98 Å². The van der Waals surface area contributed by atoms with Crippen molar-refractivity contribution in [1.82, 2.24) is 9.88 Å². The van der Waals surface area contributed by atoms with Gasteiger partial charge in [-0.2, -0.15) is 0 Å². The molecule has 3 rings (SSSR count). The lowest BCUT2D eigenvalue weighted by atomic mass is 10.1. The number of carbonyl (C=O) groups excluding carboxylic acids is 1. The third-order valence-corrected chi connectivity index (χ3v) is 5.07. The van der Waals surface area contributed by atoms with Crippen molar-refractivity contribution in [3.63, 3.8) is 0 Å². The van der Waals surface area contributed by atoms with Crippen molar-refractivity contribution in [1.29, 1.82) is 0 Å². The fourth-order valence-corrected chi connectivity index (χ4v) is 3.32. The Morgan fingerprint density at radius 2 is 1.92 bits per heavy atom. The number of pyridine rings is 1. The van der Waals surface area contributed by atoms with E-state index in [9.17, 15) is 9.59 Å². The molecule has 1 atom stereocenters. The normalized spacial score (nSPS) is 19.2. The average Bonchev–Trinajstić information content (AvgIpc) is 3.45. The predicted octanol–water partition coefficient (Wildman–Crippen LogP) is 2.79. The molecule has 1 N–H and O–H groups in total.